The highest BCUT2D eigenvalue weighted by atomic mass is 16.6. The molecule has 110 valence electrons. The second-order valence-corrected chi connectivity index (χ2v) is 6.61. The summed E-state index contributed by atoms with van der Waals surface area (Å²) in [6.07, 6.45) is 7.55. The van der Waals surface area contributed by atoms with Crippen LogP contribution in [0.15, 0.2) is 0 Å². The minimum absolute atomic E-state index is 0.0126. The lowest BCUT2D eigenvalue weighted by Crippen LogP contribution is -2.48. The number of rotatable bonds is 3. The summed E-state index contributed by atoms with van der Waals surface area (Å²) in [4.78, 5) is 0. The first-order valence-electron chi connectivity index (χ1n) is 7.89. The third-order valence-electron chi connectivity index (χ3n) is 5.07. The molecule has 0 aromatic heterocycles. The maximum Gasteiger partial charge on any atom is 0.0951 e. The first-order chi connectivity index (χ1) is 9.26. The maximum absolute atomic E-state index is 9.53. The van der Waals surface area contributed by atoms with Gasteiger partial charge in [-0.1, -0.05) is 0 Å². The number of aliphatic hydroxyl groups excluding tert-OH is 1. The first-order valence-corrected chi connectivity index (χ1v) is 7.89. The van der Waals surface area contributed by atoms with Gasteiger partial charge < -0.3 is 19.9 Å². The molecule has 1 spiro atoms. The average molecular weight is 269 g/mol. The van der Waals surface area contributed by atoms with Gasteiger partial charge in [0.2, 0.25) is 0 Å². The Bertz CT molecular complexity index is 283. The normalized spacial score (nSPS) is 43.7. The van der Waals surface area contributed by atoms with Crippen LogP contribution in [0, 0.1) is 5.92 Å². The Morgan fingerprint density at radius 2 is 1.95 bits per heavy atom. The lowest BCUT2D eigenvalue weighted by molar-refractivity contribution is -0.0897. The molecule has 2 N–H and O–H groups in total. The SMILES string of the molecule is OC1CCC(CNC2CCOC3(CCOC3)C2)CC1. The van der Waals surface area contributed by atoms with Gasteiger partial charge in [0.05, 0.1) is 18.3 Å². The van der Waals surface area contributed by atoms with E-state index in [9.17, 15) is 5.11 Å². The Morgan fingerprint density at radius 3 is 2.68 bits per heavy atom. The van der Waals surface area contributed by atoms with Gasteiger partial charge in [0, 0.05) is 25.7 Å². The van der Waals surface area contributed by atoms with Crippen LogP contribution < -0.4 is 5.32 Å². The molecule has 0 radical (unpaired) electrons. The van der Waals surface area contributed by atoms with Gasteiger partial charge in [-0.3, -0.25) is 0 Å². The molecular weight excluding hydrogens is 242 g/mol. The summed E-state index contributed by atoms with van der Waals surface area (Å²) >= 11 is 0. The second-order valence-electron chi connectivity index (χ2n) is 6.61. The van der Waals surface area contributed by atoms with Crippen LogP contribution in [0.4, 0.5) is 0 Å². The van der Waals surface area contributed by atoms with Gasteiger partial charge in [0.25, 0.3) is 0 Å². The molecule has 3 rings (SSSR count). The molecule has 1 saturated carbocycles. The third kappa shape index (κ3) is 3.48. The first kappa shape index (κ1) is 13.8. The molecule has 0 aromatic carbocycles. The van der Waals surface area contributed by atoms with E-state index in [1.165, 1.54) is 12.8 Å². The van der Waals surface area contributed by atoms with Crippen LogP contribution in [0.2, 0.25) is 0 Å². The second kappa shape index (κ2) is 6.08. The molecule has 2 saturated heterocycles. The molecule has 19 heavy (non-hydrogen) atoms. The van der Waals surface area contributed by atoms with Gasteiger partial charge in [-0.05, 0) is 51.0 Å². The smallest absolute Gasteiger partial charge is 0.0951 e. The molecule has 3 aliphatic rings. The van der Waals surface area contributed by atoms with E-state index in [2.05, 4.69) is 5.32 Å². The van der Waals surface area contributed by atoms with Gasteiger partial charge in [0.15, 0.2) is 0 Å². The van der Waals surface area contributed by atoms with E-state index in [-0.39, 0.29) is 11.7 Å². The predicted molar refractivity (Wildman–Crippen MR) is 73.1 cm³/mol. The Morgan fingerprint density at radius 1 is 1.11 bits per heavy atom. The zero-order chi connectivity index (χ0) is 13.1. The highest BCUT2D eigenvalue weighted by Gasteiger charge is 2.40. The van der Waals surface area contributed by atoms with Crippen molar-refractivity contribution in [2.24, 2.45) is 5.92 Å². The summed E-state index contributed by atoms with van der Waals surface area (Å²) in [5.74, 6) is 0.752. The molecule has 2 aliphatic heterocycles. The van der Waals surface area contributed by atoms with Crippen molar-refractivity contribution < 1.29 is 14.6 Å². The number of hydrogen-bond acceptors (Lipinski definition) is 4. The fourth-order valence-electron chi connectivity index (χ4n) is 3.75. The molecule has 2 unspecified atom stereocenters. The van der Waals surface area contributed by atoms with E-state index in [4.69, 9.17) is 9.47 Å². The van der Waals surface area contributed by atoms with Gasteiger partial charge in [-0.25, -0.2) is 0 Å². The van der Waals surface area contributed by atoms with Crippen molar-refractivity contribution in [2.45, 2.75) is 62.7 Å². The minimum atomic E-state index is -0.0433. The third-order valence-corrected chi connectivity index (χ3v) is 5.07. The van der Waals surface area contributed by atoms with Crippen LogP contribution in [0.25, 0.3) is 0 Å². The highest BCUT2D eigenvalue weighted by Crippen LogP contribution is 2.33. The van der Waals surface area contributed by atoms with Crippen LogP contribution in [0.1, 0.15) is 44.9 Å². The van der Waals surface area contributed by atoms with Crippen LogP contribution in [-0.4, -0.2) is 49.2 Å². The largest absolute Gasteiger partial charge is 0.393 e. The van der Waals surface area contributed by atoms with Crippen molar-refractivity contribution in [3.8, 4) is 0 Å². The minimum Gasteiger partial charge on any atom is -0.393 e. The lowest BCUT2D eigenvalue weighted by Gasteiger charge is -2.38. The summed E-state index contributed by atoms with van der Waals surface area (Å²) in [6, 6.07) is 0.585. The van der Waals surface area contributed by atoms with Gasteiger partial charge in [-0.15, -0.1) is 0 Å². The van der Waals surface area contributed by atoms with Crippen molar-refractivity contribution in [3.63, 3.8) is 0 Å². The number of hydrogen-bond donors (Lipinski definition) is 2. The number of nitrogens with one attached hydrogen (secondary N) is 1. The Hall–Kier alpha value is -0.160. The van der Waals surface area contributed by atoms with Crippen molar-refractivity contribution in [1.29, 1.82) is 0 Å². The van der Waals surface area contributed by atoms with Crippen LogP contribution in [-0.2, 0) is 9.47 Å². The zero-order valence-corrected chi connectivity index (χ0v) is 11.8. The molecule has 4 nitrogen and oxygen atoms in total. The van der Waals surface area contributed by atoms with E-state index < -0.39 is 0 Å². The molecule has 4 heteroatoms. The summed E-state index contributed by atoms with van der Waals surface area (Å²) in [5.41, 5.74) is 0.0126. The number of aliphatic hydroxyl groups is 1. The van der Waals surface area contributed by atoms with Crippen molar-refractivity contribution >= 4 is 0 Å². The van der Waals surface area contributed by atoms with Gasteiger partial charge in [-0.2, -0.15) is 0 Å². The molecular formula is C15H27NO3. The topological polar surface area (TPSA) is 50.7 Å². The van der Waals surface area contributed by atoms with E-state index in [0.29, 0.717) is 6.04 Å². The van der Waals surface area contributed by atoms with Crippen molar-refractivity contribution in [3.05, 3.63) is 0 Å². The van der Waals surface area contributed by atoms with Gasteiger partial charge in [0.1, 0.15) is 0 Å². The van der Waals surface area contributed by atoms with Crippen molar-refractivity contribution in [1.82, 2.24) is 5.32 Å². The fraction of sp³-hybridized carbons (Fsp3) is 1.00. The van der Waals surface area contributed by atoms with E-state index in [0.717, 1.165) is 64.4 Å². The molecule has 0 bridgehead atoms. The van der Waals surface area contributed by atoms with Crippen LogP contribution >= 0.6 is 0 Å². The summed E-state index contributed by atoms with van der Waals surface area (Å²) in [7, 11) is 0. The Kier molecular flexibility index (Phi) is 4.42. The molecule has 0 amide bonds. The zero-order valence-electron chi connectivity index (χ0n) is 11.8. The summed E-state index contributed by atoms with van der Waals surface area (Å²) in [6.45, 7) is 3.60. The molecule has 2 heterocycles. The molecule has 3 fully saturated rings. The van der Waals surface area contributed by atoms with E-state index in [1.807, 2.05) is 0 Å². The maximum atomic E-state index is 9.53. The van der Waals surface area contributed by atoms with Crippen molar-refractivity contribution in [2.75, 3.05) is 26.4 Å². The predicted octanol–water partition coefficient (Wildman–Crippen LogP) is 1.47. The molecule has 0 aromatic rings. The lowest BCUT2D eigenvalue weighted by atomic mass is 9.86. The average Bonchev–Trinajstić information content (AvgIpc) is 2.86. The van der Waals surface area contributed by atoms with Crippen LogP contribution in [0.5, 0.6) is 0 Å². The molecule has 2 atom stereocenters. The van der Waals surface area contributed by atoms with E-state index in [1.54, 1.807) is 0 Å². The molecule has 1 aliphatic carbocycles. The Balaban J connectivity index is 1.42. The van der Waals surface area contributed by atoms with Gasteiger partial charge >= 0.3 is 0 Å². The Labute approximate surface area is 115 Å². The monoisotopic (exact) mass is 269 g/mol. The highest BCUT2D eigenvalue weighted by molar-refractivity contribution is 4.93. The van der Waals surface area contributed by atoms with Crippen LogP contribution in [0.3, 0.4) is 0 Å². The van der Waals surface area contributed by atoms with E-state index >= 15 is 0 Å². The summed E-state index contributed by atoms with van der Waals surface area (Å²) in [5, 5.41) is 13.3. The standard InChI is InChI=1S/C15H27NO3/c17-14-3-1-12(2-4-14)10-16-13-5-7-19-15(9-13)6-8-18-11-15/h12-14,16-17H,1-11H2. The summed E-state index contributed by atoms with van der Waals surface area (Å²) < 4.78 is 11.5. The fourth-order valence-corrected chi connectivity index (χ4v) is 3.75. The number of ether oxygens (including phenoxy) is 2. The quantitative estimate of drug-likeness (QED) is 0.814.